The molecule has 5 rings (SSSR count). The summed E-state index contributed by atoms with van der Waals surface area (Å²) in [4.78, 5) is 20.6. The van der Waals surface area contributed by atoms with Gasteiger partial charge in [0.2, 0.25) is 5.95 Å². The summed E-state index contributed by atoms with van der Waals surface area (Å²) >= 11 is 0. The third kappa shape index (κ3) is 3.69. The smallest absolute Gasteiger partial charge is 0.228 e. The van der Waals surface area contributed by atoms with Crippen molar-refractivity contribution in [3.63, 3.8) is 0 Å². The third-order valence-electron chi connectivity index (χ3n) is 4.98. The molecule has 0 atom stereocenters. The van der Waals surface area contributed by atoms with E-state index < -0.39 is 0 Å². The highest BCUT2D eigenvalue weighted by Gasteiger charge is 2.31. The molecule has 0 spiro atoms. The van der Waals surface area contributed by atoms with Gasteiger partial charge in [-0.05, 0) is 62.8 Å². The summed E-state index contributed by atoms with van der Waals surface area (Å²) in [5, 5.41) is 3.18. The number of imidazole rings is 1. The van der Waals surface area contributed by atoms with Crippen LogP contribution in [-0.2, 0) is 6.54 Å². The number of anilines is 2. The molecule has 0 saturated heterocycles. The van der Waals surface area contributed by atoms with Crippen LogP contribution in [0.15, 0.2) is 55.0 Å². The molecule has 4 aromatic heterocycles. The molecule has 4 heterocycles. The molecule has 0 radical (unpaired) electrons. The van der Waals surface area contributed by atoms with Gasteiger partial charge in [0.05, 0.1) is 17.1 Å². The number of rotatable bonds is 6. The van der Waals surface area contributed by atoms with E-state index >= 15 is 0 Å². The first-order valence-corrected chi connectivity index (χ1v) is 9.84. The zero-order valence-electron chi connectivity index (χ0n) is 16.6. The SMILES string of the molecule is CN(C)Cc1ccn2c(-c3ccnc(Nc4ccccn4)n3)c(C3CC3)nc2c1. The second-order valence-corrected chi connectivity index (χ2v) is 7.73. The van der Waals surface area contributed by atoms with Crippen LogP contribution < -0.4 is 5.32 Å². The summed E-state index contributed by atoms with van der Waals surface area (Å²) in [5.74, 6) is 1.77. The van der Waals surface area contributed by atoms with Crippen LogP contribution in [0.4, 0.5) is 11.8 Å². The fraction of sp³-hybridized carbons (Fsp3) is 0.273. The number of pyridine rings is 2. The summed E-state index contributed by atoms with van der Waals surface area (Å²) in [6.07, 6.45) is 8.00. The van der Waals surface area contributed by atoms with Gasteiger partial charge < -0.3 is 10.2 Å². The number of nitrogens with zero attached hydrogens (tertiary/aromatic N) is 6. The molecule has 0 bridgehead atoms. The van der Waals surface area contributed by atoms with Gasteiger partial charge in [-0.15, -0.1) is 0 Å². The van der Waals surface area contributed by atoms with E-state index in [4.69, 9.17) is 9.97 Å². The van der Waals surface area contributed by atoms with E-state index in [9.17, 15) is 0 Å². The lowest BCUT2D eigenvalue weighted by Crippen LogP contribution is -2.10. The van der Waals surface area contributed by atoms with Crippen molar-refractivity contribution in [1.29, 1.82) is 0 Å². The molecular formula is C22H23N7. The Morgan fingerprint density at radius 1 is 1.07 bits per heavy atom. The third-order valence-corrected chi connectivity index (χ3v) is 4.98. The van der Waals surface area contributed by atoms with Crippen LogP contribution in [0, 0.1) is 0 Å². The molecule has 1 N–H and O–H groups in total. The van der Waals surface area contributed by atoms with Crippen molar-refractivity contribution >= 4 is 17.4 Å². The van der Waals surface area contributed by atoms with Gasteiger partial charge in [-0.25, -0.2) is 19.9 Å². The van der Waals surface area contributed by atoms with Crippen LogP contribution in [0.1, 0.15) is 30.0 Å². The number of aromatic nitrogens is 5. The van der Waals surface area contributed by atoms with Gasteiger partial charge >= 0.3 is 0 Å². The molecule has 0 aliphatic heterocycles. The van der Waals surface area contributed by atoms with Crippen molar-refractivity contribution in [3.8, 4) is 11.4 Å². The van der Waals surface area contributed by atoms with Crippen LogP contribution in [0.25, 0.3) is 17.0 Å². The normalized spacial score (nSPS) is 13.9. The highest BCUT2D eigenvalue weighted by atomic mass is 15.1. The molecule has 1 aliphatic rings. The van der Waals surface area contributed by atoms with Gasteiger partial charge in [-0.3, -0.25) is 4.40 Å². The quantitative estimate of drug-likeness (QED) is 0.543. The average Bonchev–Trinajstić information content (AvgIpc) is 3.49. The fourth-order valence-corrected chi connectivity index (χ4v) is 3.57. The number of nitrogens with one attached hydrogen (secondary N) is 1. The Morgan fingerprint density at radius 3 is 2.72 bits per heavy atom. The van der Waals surface area contributed by atoms with Gasteiger partial charge in [0.15, 0.2) is 0 Å². The first-order chi connectivity index (χ1) is 14.2. The van der Waals surface area contributed by atoms with Crippen LogP contribution >= 0.6 is 0 Å². The zero-order valence-corrected chi connectivity index (χ0v) is 16.6. The fourth-order valence-electron chi connectivity index (χ4n) is 3.57. The molecule has 1 aliphatic carbocycles. The minimum absolute atomic E-state index is 0.518. The lowest BCUT2D eigenvalue weighted by Gasteiger charge is -2.10. The molecular weight excluding hydrogens is 362 g/mol. The van der Waals surface area contributed by atoms with E-state index in [0.29, 0.717) is 11.9 Å². The predicted molar refractivity (Wildman–Crippen MR) is 113 cm³/mol. The topological polar surface area (TPSA) is 71.2 Å². The number of fused-ring (bicyclic) bond motifs is 1. The van der Waals surface area contributed by atoms with Crippen molar-refractivity contribution in [3.05, 3.63) is 66.2 Å². The molecule has 1 fully saturated rings. The van der Waals surface area contributed by atoms with Crippen molar-refractivity contribution in [1.82, 2.24) is 29.2 Å². The minimum Gasteiger partial charge on any atom is -0.309 e. The lowest BCUT2D eigenvalue weighted by molar-refractivity contribution is 0.402. The molecule has 146 valence electrons. The van der Waals surface area contributed by atoms with E-state index in [1.54, 1.807) is 12.4 Å². The highest BCUT2D eigenvalue weighted by molar-refractivity contribution is 5.67. The Kier molecular flexibility index (Phi) is 4.44. The zero-order chi connectivity index (χ0) is 19.8. The first kappa shape index (κ1) is 17.8. The molecule has 7 heteroatoms. The maximum atomic E-state index is 4.98. The summed E-state index contributed by atoms with van der Waals surface area (Å²) in [6, 6.07) is 12.0. The van der Waals surface area contributed by atoms with Crippen molar-refractivity contribution in [2.24, 2.45) is 0 Å². The van der Waals surface area contributed by atoms with Crippen molar-refractivity contribution in [2.75, 3.05) is 19.4 Å². The minimum atomic E-state index is 0.518. The number of hydrogen-bond acceptors (Lipinski definition) is 6. The molecule has 0 amide bonds. The van der Waals surface area contributed by atoms with Crippen LogP contribution in [0.5, 0.6) is 0 Å². The standard InChI is InChI=1S/C22H23N7/c1-28(2)14-15-9-12-29-19(13-15)27-20(16-6-7-16)21(29)17-8-11-24-22(25-17)26-18-5-3-4-10-23-18/h3-5,8-13,16H,6-7,14H2,1-2H3,(H,23,24,25,26). The lowest BCUT2D eigenvalue weighted by atomic mass is 10.2. The van der Waals surface area contributed by atoms with E-state index in [0.717, 1.165) is 35.1 Å². The molecule has 4 aromatic rings. The van der Waals surface area contributed by atoms with Crippen molar-refractivity contribution in [2.45, 2.75) is 25.3 Å². The largest absolute Gasteiger partial charge is 0.309 e. The summed E-state index contributed by atoms with van der Waals surface area (Å²) in [5.41, 5.74) is 5.29. The summed E-state index contributed by atoms with van der Waals surface area (Å²) < 4.78 is 2.15. The van der Waals surface area contributed by atoms with E-state index in [-0.39, 0.29) is 0 Å². The van der Waals surface area contributed by atoms with Crippen LogP contribution in [-0.4, -0.2) is 43.3 Å². The van der Waals surface area contributed by atoms with Gasteiger partial charge in [0, 0.05) is 31.1 Å². The predicted octanol–water partition coefficient (Wildman–Crippen LogP) is 3.87. The number of hydrogen-bond donors (Lipinski definition) is 1. The summed E-state index contributed by atoms with van der Waals surface area (Å²) in [7, 11) is 4.15. The van der Waals surface area contributed by atoms with Gasteiger partial charge in [0.25, 0.3) is 0 Å². The van der Waals surface area contributed by atoms with E-state index in [2.05, 4.69) is 57.0 Å². The Balaban J connectivity index is 1.57. The maximum Gasteiger partial charge on any atom is 0.228 e. The summed E-state index contributed by atoms with van der Waals surface area (Å²) in [6.45, 7) is 0.892. The average molecular weight is 385 g/mol. The maximum absolute atomic E-state index is 4.98. The van der Waals surface area contributed by atoms with Gasteiger partial charge in [0.1, 0.15) is 11.5 Å². The molecule has 0 unspecified atom stereocenters. The Bertz CT molecular complexity index is 1150. The van der Waals surface area contributed by atoms with Crippen LogP contribution in [0.2, 0.25) is 0 Å². The monoisotopic (exact) mass is 385 g/mol. The van der Waals surface area contributed by atoms with Crippen LogP contribution in [0.3, 0.4) is 0 Å². The second kappa shape index (κ2) is 7.25. The van der Waals surface area contributed by atoms with Crippen molar-refractivity contribution < 1.29 is 0 Å². The van der Waals surface area contributed by atoms with E-state index in [1.807, 2.05) is 24.3 Å². The Labute approximate surface area is 169 Å². The Morgan fingerprint density at radius 2 is 1.97 bits per heavy atom. The molecule has 0 aromatic carbocycles. The first-order valence-electron chi connectivity index (χ1n) is 9.84. The van der Waals surface area contributed by atoms with Gasteiger partial charge in [-0.1, -0.05) is 6.07 Å². The molecule has 29 heavy (non-hydrogen) atoms. The van der Waals surface area contributed by atoms with E-state index in [1.165, 1.54) is 18.4 Å². The molecule has 7 nitrogen and oxygen atoms in total. The van der Waals surface area contributed by atoms with Gasteiger partial charge in [-0.2, -0.15) is 0 Å². The molecule has 1 saturated carbocycles. The Hall–Kier alpha value is -3.32. The highest BCUT2D eigenvalue weighted by Crippen LogP contribution is 2.44. The second-order valence-electron chi connectivity index (χ2n) is 7.73.